The van der Waals surface area contributed by atoms with Crippen molar-refractivity contribution in [3.05, 3.63) is 54.2 Å². The van der Waals surface area contributed by atoms with E-state index in [1.165, 1.54) is 5.56 Å². The molecule has 4 nitrogen and oxygen atoms in total. The molecule has 3 N–H and O–H groups in total. The van der Waals surface area contributed by atoms with Gasteiger partial charge in [0.05, 0.1) is 6.10 Å². The number of nitrogens with one attached hydrogen (secondary N) is 1. The Balaban J connectivity index is 2.08. The van der Waals surface area contributed by atoms with Crippen LogP contribution in [-0.4, -0.2) is 23.7 Å². The topological polar surface area (TPSA) is 60.2 Å². The van der Waals surface area contributed by atoms with E-state index in [1.807, 2.05) is 44.2 Å². The Kier molecular flexibility index (Phi) is 5.58. The lowest BCUT2D eigenvalue weighted by Crippen LogP contribution is -2.31. The molecule has 0 spiro atoms. The summed E-state index contributed by atoms with van der Waals surface area (Å²) in [5, 5.41) is 3.39. The minimum Gasteiger partial charge on any atom is -0.487 e. The molecule has 0 bridgehead atoms. The summed E-state index contributed by atoms with van der Waals surface area (Å²) in [5.41, 5.74) is 7.14. The third-order valence-electron chi connectivity index (χ3n) is 3.08. The van der Waals surface area contributed by atoms with Gasteiger partial charge in [0.2, 0.25) is 0 Å². The maximum absolute atomic E-state index is 5.89. The molecule has 0 amide bonds. The third-order valence-corrected chi connectivity index (χ3v) is 3.08. The molecule has 1 heterocycles. The van der Waals surface area contributed by atoms with E-state index in [-0.39, 0.29) is 12.1 Å². The summed E-state index contributed by atoms with van der Waals surface area (Å²) in [4.78, 5) is 4.37. The van der Waals surface area contributed by atoms with Crippen LogP contribution in [0.5, 0.6) is 5.75 Å². The second kappa shape index (κ2) is 7.64. The number of nitrogens with zero attached hydrogens (tertiary/aromatic N) is 1. The van der Waals surface area contributed by atoms with Crippen molar-refractivity contribution < 1.29 is 4.74 Å². The molecule has 1 aromatic heterocycles. The van der Waals surface area contributed by atoms with Crippen molar-refractivity contribution in [3.8, 4) is 5.75 Å². The van der Waals surface area contributed by atoms with Gasteiger partial charge in [0.1, 0.15) is 0 Å². The Morgan fingerprint density at radius 1 is 1.14 bits per heavy atom. The van der Waals surface area contributed by atoms with Crippen LogP contribution in [0.15, 0.2) is 48.7 Å². The zero-order chi connectivity index (χ0) is 15.1. The summed E-state index contributed by atoms with van der Waals surface area (Å²) in [6.45, 7) is 4.54. The molecule has 1 aromatic carbocycles. The first-order chi connectivity index (χ1) is 10.2. The summed E-state index contributed by atoms with van der Waals surface area (Å²) < 4.78 is 5.78. The number of pyridine rings is 1. The lowest BCUT2D eigenvalue weighted by atomic mass is 10.1. The number of rotatable bonds is 7. The van der Waals surface area contributed by atoms with E-state index < -0.39 is 0 Å². The van der Waals surface area contributed by atoms with Gasteiger partial charge in [0.25, 0.3) is 0 Å². The molecule has 0 radical (unpaired) electrons. The zero-order valence-corrected chi connectivity index (χ0v) is 12.6. The highest BCUT2D eigenvalue weighted by molar-refractivity contribution is 5.50. The molecule has 4 heteroatoms. The van der Waals surface area contributed by atoms with Crippen molar-refractivity contribution in [1.29, 1.82) is 0 Å². The number of aromatic nitrogens is 1. The summed E-state index contributed by atoms with van der Waals surface area (Å²) >= 11 is 0. The van der Waals surface area contributed by atoms with Crippen LogP contribution in [-0.2, 0) is 6.42 Å². The number of ether oxygens (including phenoxy) is 1. The number of anilines is 1. The van der Waals surface area contributed by atoms with Gasteiger partial charge < -0.3 is 15.8 Å². The van der Waals surface area contributed by atoms with Gasteiger partial charge in [-0.2, -0.15) is 0 Å². The molecule has 112 valence electrons. The minimum absolute atomic E-state index is 0.111. The van der Waals surface area contributed by atoms with Crippen LogP contribution >= 0.6 is 0 Å². The van der Waals surface area contributed by atoms with E-state index in [4.69, 9.17) is 10.5 Å². The highest BCUT2D eigenvalue weighted by Gasteiger charge is 2.12. The summed E-state index contributed by atoms with van der Waals surface area (Å²) in [5.74, 6) is 1.51. The van der Waals surface area contributed by atoms with E-state index in [0.29, 0.717) is 6.54 Å². The molecule has 2 rings (SSSR count). The van der Waals surface area contributed by atoms with Gasteiger partial charge in [0, 0.05) is 18.8 Å². The largest absolute Gasteiger partial charge is 0.487 e. The quantitative estimate of drug-likeness (QED) is 0.821. The van der Waals surface area contributed by atoms with Crippen LogP contribution < -0.4 is 15.8 Å². The van der Waals surface area contributed by atoms with Crippen molar-refractivity contribution in [1.82, 2.24) is 4.98 Å². The number of hydrogen-bond donors (Lipinski definition) is 2. The lowest BCUT2D eigenvalue weighted by molar-refractivity contribution is 0.242. The van der Waals surface area contributed by atoms with Crippen LogP contribution in [0.1, 0.15) is 19.4 Å². The van der Waals surface area contributed by atoms with Gasteiger partial charge >= 0.3 is 0 Å². The molecule has 0 aliphatic heterocycles. The summed E-state index contributed by atoms with van der Waals surface area (Å²) in [6.07, 6.45) is 2.72. The average Bonchev–Trinajstić information content (AvgIpc) is 2.49. The monoisotopic (exact) mass is 285 g/mol. The Morgan fingerprint density at radius 3 is 2.57 bits per heavy atom. The smallest absolute Gasteiger partial charge is 0.169 e. The molecule has 0 saturated heterocycles. The molecule has 2 aromatic rings. The maximum Gasteiger partial charge on any atom is 0.169 e. The molecular formula is C17H23N3O. The second-order valence-corrected chi connectivity index (χ2v) is 5.28. The predicted octanol–water partition coefficient (Wildman–Crippen LogP) is 2.85. The Morgan fingerprint density at radius 2 is 1.90 bits per heavy atom. The highest BCUT2D eigenvalue weighted by Crippen LogP contribution is 2.23. The zero-order valence-electron chi connectivity index (χ0n) is 12.6. The third kappa shape index (κ3) is 4.76. The maximum atomic E-state index is 5.89. The molecule has 1 atom stereocenters. The first kappa shape index (κ1) is 15.3. The highest BCUT2D eigenvalue weighted by atomic mass is 16.5. The van der Waals surface area contributed by atoms with Gasteiger partial charge in [0.15, 0.2) is 11.6 Å². The van der Waals surface area contributed by atoms with Crippen LogP contribution in [0.3, 0.4) is 0 Å². The van der Waals surface area contributed by atoms with Crippen LogP contribution in [0.2, 0.25) is 0 Å². The molecule has 0 fully saturated rings. The molecule has 0 aliphatic rings. The SMILES string of the molecule is CC(C)Oc1cccnc1NC(CN)Cc1ccccc1. The Labute approximate surface area is 126 Å². The van der Waals surface area contributed by atoms with Crippen molar-refractivity contribution in [2.24, 2.45) is 5.73 Å². The number of nitrogens with two attached hydrogens (primary N) is 1. The fraction of sp³-hybridized carbons (Fsp3) is 0.353. The predicted molar refractivity (Wildman–Crippen MR) is 86.6 cm³/mol. The van der Waals surface area contributed by atoms with Gasteiger partial charge in [-0.3, -0.25) is 0 Å². The van der Waals surface area contributed by atoms with Gasteiger partial charge in [-0.05, 0) is 38.0 Å². The average molecular weight is 285 g/mol. The van der Waals surface area contributed by atoms with Crippen molar-refractivity contribution in [3.63, 3.8) is 0 Å². The van der Waals surface area contributed by atoms with E-state index in [0.717, 1.165) is 18.0 Å². The standard InChI is InChI=1S/C17H23N3O/c1-13(2)21-16-9-6-10-19-17(16)20-15(12-18)11-14-7-4-3-5-8-14/h3-10,13,15H,11-12,18H2,1-2H3,(H,19,20). The van der Waals surface area contributed by atoms with E-state index >= 15 is 0 Å². The van der Waals surface area contributed by atoms with Gasteiger partial charge in [-0.15, -0.1) is 0 Å². The fourth-order valence-electron chi connectivity index (χ4n) is 2.13. The number of hydrogen-bond acceptors (Lipinski definition) is 4. The molecule has 0 aliphatic carbocycles. The van der Waals surface area contributed by atoms with Crippen molar-refractivity contribution in [2.75, 3.05) is 11.9 Å². The van der Waals surface area contributed by atoms with Crippen molar-refractivity contribution in [2.45, 2.75) is 32.4 Å². The van der Waals surface area contributed by atoms with E-state index in [1.54, 1.807) is 6.20 Å². The lowest BCUT2D eigenvalue weighted by Gasteiger charge is -2.20. The second-order valence-electron chi connectivity index (χ2n) is 5.28. The normalized spacial score (nSPS) is 12.2. The molecule has 1 unspecified atom stereocenters. The Bertz CT molecular complexity index is 543. The van der Waals surface area contributed by atoms with Gasteiger partial charge in [-0.25, -0.2) is 4.98 Å². The van der Waals surface area contributed by atoms with E-state index in [9.17, 15) is 0 Å². The van der Waals surface area contributed by atoms with Crippen LogP contribution in [0.4, 0.5) is 5.82 Å². The number of benzene rings is 1. The molecule has 0 saturated carbocycles. The molecular weight excluding hydrogens is 262 g/mol. The molecule has 21 heavy (non-hydrogen) atoms. The first-order valence-corrected chi connectivity index (χ1v) is 7.31. The first-order valence-electron chi connectivity index (χ1n) is 7.31. The van der Waals surface area contributed by atoms with Gasteiger partial charge in [-0.1, -0.05) is 30.3 Å². The minimum atomic E-state index is 0.111. The van der Waals surface area contributed by atoms with E-state index in [2.05, 4.69) is 22.4 Å². The summed E-state index contributed by atoms with van der Waals surface area (Å²) in [6, 6.07) is 14.2. The Hall–Kier alpha value is -2.07. The van der Waals surface area contributed by atoms with Crippen LogP contribution in [0.25, 0.3) is 0 Å². The van der Waals surface area contributed by atoms with Crippen molar-refractivity contribution >= 4 is 5.82 Å². The summed E-state index contributed by atoms with van der Waals surface area (Å²) in [7, 11) is 0. The van der Waals surface area contributed by atoms with Crippen LogP contribution in [0, 0.1) is 0 Å². The fourth-order valence-corrected chi connectivity index (χ4v) is 2.13.